The highest BCUT2D eigenvalue weighted by atomic mass is 19.3. The number of alkyl halides is 2. The molecule has 1 unspecified atom stereocenters. The molecule has 2 aliphatic rings. The van der Waals surface area contributed by atoms with Gasteiger partial charge in [0, 0.05) is 70.0 Å². The van der Waals surface area contributed by atoms with Gasteiger partial charge in [-0.1, -0.05) is 26.0 Å². The molecule has 2 aliphatic heterocycles. The summed E-state index contributed by atoms with van der Waals surface area (Å²) in [5.74, 6) is -5.77. The number of halogens is 3. The second-order valence-corrected chi connectivity index (χ2v) is 14.6. The third-order valence-electron chi connectivity index (χ3n) is 10.7. The number of nitrogens with zero attached hydrogens (tertiary/aromatic N) is 6. The first-order valence-electron chi connectivity index (χ1n) is 20.1. The van der Waals surface area contributed by atoms with Gasteiger partial charge in [0.05, 0.1) is 66.9 Å². The Bertz CT molecular complexity index is 2440. The van der Waals surface area contributed by atoms with Gasteiger partial charge < -0.3 is 24.4 Å². The standard InChI is InChI=1S/C41H44F3N7O7.C2H6/c1-25-20-27(50-15-19-57-24-34(50)41(2,43)44)22-30(42)35(25)37(52)47-31(39(54)58-16-5-12-49-13-17-56-18-14-49)21-26-7-8-32(36-28(26)6-4-10-46-36)51-38(53)29-9-11-45-23-33(29)48(3)40(51)55;1-2/h4,6-11,20,22-23,31,34H,5,12-19,21,24H2,1-3H3,(H,47,52);1-2H3/t31?,34-;/m1./s1. The summed E-state index contributed by atoms with van der Waals surface area (Å²) in [4.78, 5) is 67.2. The number of pyridine rings is 2. The Kier molecular flexibility index (Phi) is 14.0. The quantitative estimate of drug-likeness (QED) is 0.139. The van der Waals surface area contributed by atoms with Gasteiger partial charge in [0.15, 0.2) is 0 Å². The summed E-state index contributed by atoms with van der Waals surface area (Å²) in [6, 6.07) is 7.94. The Morgan fingerprint density at radius 3 is 2.50 bits per heavy atom. The van der Waals surface area contributed by atoms with Gasteiger partial charge in [-0.15, -0.1) is 0 Å². The van der Waals surface area contributed by atoms with Crippen molar-refractivity contribution in [1.82, 2.24) is 29.3 Å². The monoisotopic (exact) mass is 833 g/mol. The first-order valence-corrected chi connectivity index (χ1v) is 20.1. The Morgan fingerprint density at radius 2 is 1.77 bits per heavy atom. The van der Waals surface area contributed by atoms with Crippen LogP contribution in [-0.4, -0.2) is 113 Å². The summed E-state index contributed by atoms with van der Waals surface area (Å²) in [6.07, 6.45) is 4.80. The van der Waals surface area contributed by atoms with Crippen molar-refractivity contribution in [3.63, 3.8) is 0 Å². The number of rotatable bonds is 12. The molecule has 60 heavy (non-hydrogen) atoms. The lowest BCUT2D eigenvalue weighted by atomic mass is 9.98. The van der Waals surface area contributed by atoms with Crippen molar-refractivity contribution in [3.05, 3.63) is 104 Å². The molecule has 3 aromatic heterocycles. The number of nitrogens with one attached hydrogen (secondary N) is 1. The van der Waals surface area contributed by atoms with Crippen LogP contribution in [0.2, 0.25) is 0 Å². The number of aryl methyl sites for hydroxylation is 2. The lowest BCUT2D eigenvalue weighted by molar-refractivity contribution is -0.146. The highest BCUT2D eigenvalue weighted by Crippen LogP contribution is 2.32. The number of hydrogen-bond acceptors (Lipinski definition) is 11. The summed E-state index contributed by atoms with van der Waals surface area (Å²) in [7, 11) is 1.53. The predicted octanol–water partition coefficient (Wildman–Crippen LogP) is 4.57. The van der Waals surface area contributed by atoms with Crippen molar-refractivity contribution >= 4 is 39.4 Å². The summed E-state index contributed by atoms with van der Waals surface area (Å²) in [5.41, 5.74) is 0.173. The van der Waals surface area contributed by atoms with Crippen LogP contribution < -0.4 is 21.5 Å². The maximum absolute atomic E-state index is 15.9. The number of fused-ring (bicyclic) bond motifs is 2. The van der Waals surface area contributed by atoms with Gasteiger partial charge in [0.25, 0.3) is 17.4 Å². The molecule has 0 radical (unpaired) electrons. The van der Waals surface area contributed by atoms with Crippen LogP contribution in [0.15, 0.2) is 70.6 Å². The highest BCUT2D eigenvalue weighted by Gasteiger charge is 2.41. The third-order valence-corrected chi connectivity index (χ3v) is 10.7. The van der Waals surface area contributed by atoms with Gasteiger partial charge in [-0.3, -0.25) is 29.0 Å². The zero-order valence-electron chi connectivity index (χ0n) is 34.4. The molecule has 0 aliphatic carbocycles. The number of carbonyl (C=O) groups is 2. The number of hydrogen-bond donors (Lipinski definition) is 1. The Balaban J connectivity index is 0.00000297. The summed E-state index contributed by atoms with van der Waals surface area (Å²) in [6.45, 7) is 9.77. The van der Waals surface area contributed by atoms with Crippen molar-refractivity contribution in [3.8, 4) is 5.69 Å². The topological polar surface area (TPSA) is 150 Å². The Morgan fingerprint density at radius 1 is 1.02 bits per heavy atom. The van der Waals surface area contributed by atoms with E-state index in [-0.39, 0.29) is 66.2 Å². The molecule has 320 valence electrons. The van der Waals surface area contributed by atoms with Crippen LogP contribution in [0.5, 0.6) is 0 Å². The van der Waals surface area contributed by atoms with Crippen molar-refractivity contribution in [2.45, 2.75) is 58.5 Å². The zero-order valence-corrected chi connectivity index (χ0v) is 34.4. The summed E-state index contributed by atoms with van der Waals surface area (Å²) in [5, 5.41) is 3.43. The zero-order chi connectivity index (χ0) is 43.1. The fraction of sp³-hybridized carbons (Fsp3) is 0.442. The number of morpholine rings is 2. The lowest BCUT2D eigenvalue weighted by Gasteiger charge is -2.40. The number of benzene rings is 2. The van der Waals surface area contributed by atoms with E-state index in [1.807, 2.05) is 13.8 Å². The fourth-order valence-corrected chi connectivity index (χ4v) is 7.62. The minimum Gasteiger partial charge on any atom is -0.464 e. The van der Waals surface area contributed by atoms with Crippen LogP contribution in [0.4, 0.5) is 18.9 Å². The van der Waals surface area contributed by atoms with E-state index < -0.39 is 46.9 Å². The highest BCUT2D eigenvalue weighted by molar-refractivity contribution is 5.99. The summed E-state index contributed by atoms with van der Waals surface area (Å²) >= 11 is 0. The molecule has 2 atom stereocenters. The Labute approximate surface area is 344 Å². The molecule has 5 heterocycles. The van der Waals surface area contributed by atoms with E-state index >= 15 is 4.39 Å². The number of amides is 1. The molecule has 17 heteroatoms. The van der Waals surface area contributed by atoms with Gasteiger partial charge in [-0.05, 0) is 54.8 Å². The van der Waals surface area contributed by atoms with E-state index in [9.17, 15) is 28.0 Å². The lowest BCUT2D eigenvalue weighted by Crippen LogP contribution is -2.54. The molecular weight excluding hydrogens is 784 g/mol. The van der Waals surface area contributed by atoms with Gasteiger partial charge in [-0.25, -0.2) is 27.3 Å². The van der Waals surface area contributed by atoms with E-state index in [0.29, 0.717) is 42.6 Å². The van der Waals surface area contributed by atoms with Gasteiger partial charge >= 0.3 is 11.7 Å². The molecule has 0 saturated carbocycles. The molecule has 0 bridgehead atoms. The minimum atomic E-state index is -3.15. The van der Waals surface area contributed by atoms with Crippen molar-refractivity contribution in [2.75, 3.05) is 64.1 Å². The van der Waals surface area contributed by atoms with Crippen LogP contribution in [0.3, 0.4) is 0 Å². The maximum Gasteiger partial charge on any atom is 0.335 e. The number of ether oxygens (including phenoxy) is 3. The third kappa shape index (κ3) is 9.37. The molecule has 5 aromatic rings. The number of esters is 1. The second kappa shape index (κ2) is 19.2. The van der Waals surface area contributed by atoms with E-state index in [1.54, 1.807) is 24.3 Å². The molecular formula is C43H50F3N7O7. The van der Waals surface area contributed by atoms with E-state index in [2.05, 4.69) is 20.2 Å². The molecule has 1 N–H and O–H groups in total. The van der Waals surface area contributed by atoms with Gasteiger partial charge in [0.2, 0.25) is 0 Å². The van der Waals surface area contributed by atoms with E-state index in [4.69, 9.17) is 14.2 Å². The van der Waals surface area contributed by atoms with Crippen LogP contribution in [0.1, 0.15) is 48.7 Å². The molecule has 2 aromatic carbocycles. The second-order valence-electron chi connectivity index (χ2n) is 14.6. The van der Waals surface area contributed by atoms with E-state index in [0.717, 1.165) is 30.6 Å². The largest absolute Gasteiger partial charge is 0.464 e. The van der Waals surface area contributed by atoms with Crippen LogP contribution >= 0.6 is 0 Å². The molecule has 7 rings (SSSR count). The van der Waals surface area contributed by atoms with Crippen molar-refractivity contribution < 1.29 is 37.0 Å². The van der Waals surface area contributed by atoms with Gasteiger partial charge in [-0.2, -0.15) is 0 Å². The van der Waals surface area contributed by atoms with Crippen molar-refractivity contribution in [1.29, 1.82) is 0 Å². The summed E-state index contributed by atoms with van der Waals surface area (Å²) < 4.78 is 63.7. The molecule has 1 amide bonds. The van der Waals surface area contributed by atoms with Crippen LogP contribution in [0, 0.1) is 12.7 Å². The molecule has 2 fully saturated rings. The normalized spacial score (nSPS) is 16.6. The van der Waals surface area contributed by atoms with Crippen LogP contribution in [-0.2, 0) is 32.5 Å². The first kappa shape index (κ1) is 43.9. The average molecular weight is 834 g/mol. The Hall–Kier alpha value is -5.65. The van der Waals surface area contributed by atoms with Crippen LogP contribution in [0.25, 0.3) is 27.5 Å². The number of carbonyl (C=O) groups excluding carboxylic acids is 2. The number of anilines is 1. The minimum absolute atomic E-state index is 0.0539. The maximum atomic E-state index is 15.9. The van der Waals surface area contributed by atoms with Crippen molar-refractivity contribution in [2.24, 2.45) is 7.05 Å². The predicted molar refractivity (Wildman–Crippen MR) is 221 cm³/mol. The first-order chi connectivity index (χ1) is 28.8. The number of aromatic nitrogens is 4. The smallest absolute Gasteiger partial charge is 0.335 e. The average Bonchev–Trinajstić information content (AvgIpc) is 3.25. The van der Waals surface area contributed by atoms with Gasteiger partial charge in [0.1, 0.15) is 17.9 Å². The molecule has 0 spiro atoms. The van der Waals surface area contributed by atoms with E-state index in [1.165, 1.54) is 54.2 Å². The molecule has 14 nitrogen and oxygen atoms in total. The SMILES string of the molecule is CC.Cc1cc(N2CCOC[C@@H]2C(C)(F)F)cc(F)c1C(=O)NC(Cc1ccc(-n2c(=O)c3ccncc3n(C)c2=O)c2ncccc12)C(=O)OCCCN1CCOCC1. The fourth-order valence-electron chi connectivity index (χ4n) is 7.62. The molecule has 2 saturated heterocycles.